The van der Waals surface area contributed by atoms with Crippen molar-refractivity contribution in [2.45, 2.75) is 37.5 Å². The van der Waals surface area contributed by atoms with Crippen LogP contribution in [0.1, 0.15) is 19.3 Å². The summed E-state index contributed by atoms with van der Waals surface area (Å²) in [6, 6.07) is 6.63. The van der Waals surface area contributed by atoms with Crippen molar-refractivity contribution in [2.75, 3.05) is 18.0 Å². The number of amides is 2. The molecule has 1 unspecified atom stereocenters. The average Bonchev–Trinajstić information content (AvgIpc) is 3.15. The third-order valence-electron chi connectivity index (χ3n) is 4.30. The van der Waals surface area contributed by atoms with Crippen LogP contribution in [0.25, 0.3) is 0 Å². The third-order valence-corrected chi connectivity index (χ3v) is 4.54. The second-order valence-corrected chi connectivity index (χ2v) is 6.32. The van der Waals surface area contributed by atoms with E-state index < -0.39 is 12.1 Å². The molecule has 0 aromatic heterocycles. The van der Waals surface area contributed by atoms with Crippen molar-refractivity contribution in [3.8, 4) is 0 Å². The lowest BCUT2D eigenvalue weighted by molar-refractivity contribution is -0.134. The van der Waals surface area contributed by atoms with E-state index in [-0.39, 0.29) is 17.9 Å². The van der Waals surface area contributed by atoms with Gasteiger partial charge in [0.25, 0.3) is 0 Å². The molecule has 0 radical (unpaired) electrons. The fourth-order valence-electron chi connectivity index (χ4n) is 3.05. The molecular weight excluding hydrogens is 318 g/mol. The van der Waals surface area contributed by atoms with Gasteiger partial charge in [0.15, 0.2) is 0 Å². The van der Waals surface area contributed by atoms with Crippen LogP contribution in [-0.2, 0) is 14.3 Å². The van der Waals surface area contributed by atoms with E-state index in [0.717, 1.165) is 12.1 Å². The van der Waals surface area contributed by atoms with E-state index in [1.807, 2.05) is 6.07 Å². The quantitative estimate of drug-likeness (QED) is 0.860. The van der Waals surface area contributed by atoms with Crippen LogP contribution in [0, 0.1) is 0 Å². The first-order chi connectivity index (χ1) is 11.1. The summed E-state index contributed by atoms with van der Waals surface area (Å²) >= 11 is 5.97. The zero-order valence-corrected chi connectivity index (χ0v) is 13.5. The summed E-state index contributed by atoms with van der Waals surface area (Å²) in [6.07, 6.45) is 1.43. The zero-order valence-electron chi connectivity index (χ0n) is 12.7. The van der Waals surface area contributed by atoms with Gasteiger partial charge in [0, 0.05) is 23.8 Å². The van der Waals surface area contributed by atoms with Gasteiger partial charge in [-0.25, -0.2) is 0 Å². The molecule has 2 amide bonds. The molecule has 2 aliphatic rings. The summed E-state index contributed by atoms with van der Waals surface area (Å²) in [6.45, 7) is 0.968. The number of anilines is 1. The van der Waals surface area contributed by atoms with Gasteiger partial charge in [0.1, 0.15) is 12.1 Å². The van der Waals surface area contributed by atoms with Gasteiger partial charge in [-0.15, -0.1) is 0 Å². The lowest BCUT2D eigenvalue weighted by Gasteiger charge is -2.19. The Morgan fingerprint density at radius 1 is 1.39 bits per heavy atom. The molecule has 6 nitrogen and oxygen atoms in total. The van der Waals surface area contributed by atoms with E-state index in [1.165, 1.54) is 0 Å². The predicted molar refractivity (Wildman–Crippen MR) is 87.3 cm³/mol. The highest BCUT2D eigenvalue weighted by atomic mass is 35.5. The maximum Gasteiger partial charge on any atom is 0.249 e. The van der Waals surface area contributed by atoms with Gasteiger partial charge in [-0.1, -0.05) is 17.7 Å². The molecule has 2 fully saturated rings. The first-order valence-electron chi connectivity index (χ1n) is 7.81. The number of benzene rings is 1. The summed E-state index contributed by atoms with van der Waals surface area (Å²) in [5.74, 6) is -0.346. The van der Waals surface area contributed by atoms with Crippen LogP contribution in [0.4, 0.5) is 5.69 Å². The standard InChI is InChI=1S/C16H20ClN3O3/c17-10-2-1-3-11(8-10)20-7-6-13(16(20)22)19-15(21)14-5-4-12(9-18)23-14/h1-3,8,12-14H,4-7,9,18H2,(H,19,21)/t12-,13?,14+/m1/s1. The number of halogens is 1. The van der Waals surface area contributed by atoms with Crippen LogP contribution in [0.3, 0.4) is 0 Å². The molecule has 3 rings (SSSR count). The molecule has 23 heavy (non-hydrogen) atoms. The molecule has 1 aromatic rings. The molecule has 0 saturated carbocycles. The molecule has 7 heteroatoms. The Hall–Kier alpha value is -1.63. The second-order valence-electron chi connectivity index (χ2n) is 5.88. The van der Waals surface area contributed by atoms with Gasteiger partial charge in [0.2, 0.25) is 11.8 Å². The molecule has 2 aliphatic heterocycles. The molecular formula is C16H20ClN3O3. The van der Waals surface area contributed by atoms with E-state index in [2.05, 4.69) is 5.32 Å². The number of carbonyl (C=O) groups is 2. The lowest BCUT2D eigenvalue weighted by Crippen LogP contribution is -2.45. The van der Waals surface area contributed by atoms with Crippen molar-refractivity contribution in [1.82, 2.24) is 5.32 Å². The van der Waals surface area contributed by atoms with Crippen molar-refractivity contribution in [2.24, 2.45) is 5.73 Å². The molecule has 0 bridgehead atoms. The summed E-state index contributed by atoms with van der Waals surface area (Å²) in [4.78, 5) is 26.4. The van der Waals surface area contributed by atoms with Gasteiger partial charge in [-0.2, -0.15) is 0 Å². The Morgan fingerprint density at radius 3 is 2.91 bits per heavy atom. The van der Waals surface area contributed by atoms with E-state index in [4.69, 9.17) is 22.1 Å². The number of hydrogen-bond acceptors (Lipinski definition) is 4. The highest BCUT2D eigenvalue weighted by Gasteiger charge is 2.37. The summed E-state index contributed by atoms with van der Waals surface area (Å²) in [5.41, 5.74) is 6.30. The number of nitrogens with one attached hydrogen (secondary N) is 1. The topological polar surface area (TPSA) is 84.7 Å². The second kappa shape index (κ2) is 6.86. The summed E-state index contributed by atoms with van der Waals surface area (Å²) < 4.78 is 5.57. The van der Waals surface area contributed by atoms with Crippen molar-refractivity contribution >= 4 is 29.1 Å². The Morgan fingerprint density at radius 2 is 2.22 bits per heavy atom. The van der Waals surface area contributed by atoms with Crippen LogP contribution in [-0.4, -0.2) is 43.2 Å². The SMILES string of the molecule is NC[C@H]1CC[C@@H](C(=O)NC2CCN(c3cccc(Cl)c3)C2=O)O1. The fraction of sp³-hybridized carbons (Fsp3) is 0.500. The normalized spacial score (nSPS) is 27.5. The van der Waals surface area contributed by atoms with E-state index in [1.54, 1.807) is 23.1 Å². The molecule has 2 heterocycles. The maximum absolute atomic E-state index is 12.5. The molecule has 3 atom stereocenters. The van der Waals surface area contributed by atoms with Crippen molar-refractivity contribution < 1.29 is 14.3 Å². The Labute approximate surface area is 139 Å². The Kier molecular flexibility index (Phi) is 4.84. The van der Waals surface area contributed by atoms with Crippen LogP contribution >= 0.6 is 11.6 Å². The Bertz CT molecular complexity index is 610. The van der Waals surface area contributed by atoms with Gasteiger partial charge < -0.3 is 20.7 Å². The van der Waals surface area contributed by atoms with Crippen LogP contribution in [0.2, 0.25) is 5.02 Å². The molecule has 3 N–H and O–H groups in total. The highest BCUT2D eigenvalue weighted by Crippen LogP contribution is 2.25. The minimum absolute atomic E-state index is 0.0620. The Balaban J connectivity index is 1.60. The molecule has 2 saturated heterocycles. The third kappa shape index (κ3) is 3.49. The lowest BCUT2D eigenvalue weighted by atomic mass is 10.1. The largest absolute Gasteiger partial charge is 0.364 e. The minimum Gasteiger partial charge on any atom is -0.364 e. The first kappa shape index (κ1) is 16.2. The number of hydrogen-bond donors (Lipinski definition) is 2. The summed E-state index contributed by atoms with van der Waals surface area (Å²) in [7, 11) is 0. The zero-order chi connectivity index (χ0) is 16.4. The van der Waals surface area contributed by atoms with Gasteiger partial charge in [-0.05, 0) is 37.5 Å². The van der Waals surface area contributed by atoms with Gasteiger partial charge in [-0.3, -0.25) is 9.59 Å². The van der Waals surface area contributed by atoms with Gasteiger partial charge >= 0.3 is 0 Å². The van der Waals surface area contributed by atoms with Crippen LogP contribution in [0.15, 0.2) is 24.3 Å². The molecule has 0 aliphatic carbocycles. The van der Waals surface area contributed by atoms with E-state index >= 15 is 0 Å². The number of ether oxygens (including phenoxy) is 1. The van der Waals surface area contributed by atoms with E-state index in [0.29, 0.717) is 31.0 Å². The van der Waals surface area contributed by atoms with Crippen molar-refractivity contribution in [3.63, 3.8) is 0 Å². The molecule has 124 valence electrons. The van der Waals surface area contributed by atoms with Crippen molar-refractivity contribution in [3.05, 3.63) is 29.3 Å². The predicted octanol–water partition coefficient (Wildman–Crippen LogP) is 1.07. The van der Waals surface area contributed by atoms with Crippen LogP contribution < -0.4 is 16.0 Å². The highest BCUT2D eigenvalue weighted by molar-refractivity contribution is 6.31. The minimum atomic E-state index is -0.512. The molecule has 1 aromatic carbocycles. The number of rotatable bonds is 4. The fourth-order valence-corrected chi connectivity index (χ4v) is 3.24. The average molecular weight is 338 g/mol. The van der Waals surface area contributed by atoms with Crippen LogP contribution in [0.5, 0.6) is 0 Å². The number of carbonyl (C=O) groups excluding carboxylic acids is 2. The van der Waals surface area contributed by atoms with Gasteiger partial charge in [0.05, 0.1) is 6.10 Å². The molecule has 0 spiro atoms. The monoisotopic (exact) mass is 337 g/mol. The maximum atomic E-state index is 12.5. The van der Waals surface area contributed by atoms with Crippen molar-refractivity contribution in [1.29, 1.82) is 0 Å². The number of nitrogens with two attached hydrogens (primary N) is 1. The summed E-state index contributed by atoms with van der Waals surface area (Å²) in [5, 5.41) is 3.38. The smallest absolute Gasteiger partial charge is 0.249 e. The number of nitrogens with zero attached hydrogens (tertiary/aromatic N) is 1. The first-order valence-corrected chi connectivity index (χ1v) is 8.19. The van der Waals surface area contributed by atoms with E-state index in [9.17, 15) is 9.59 Å².